The SMILES string of the molecule is Cc1ccc(/C(O)=C2/C(=O)C(=O)N(c3ccccc3C)C2c2cccc(Oc3ccccc3)c2)cc1. The number of aryl methyl sites for hydroxylation is 2. The normalized spacial score (nSPS) is 16.8. The number of aliphatic hydroxyl groups is 1. The van der Waals surface area contributed by atoms with Crippen molar-refractivity contribution in [2.45, 2.75) is 19.9 Å². The van der Waals surface area contributed by atoms with E-state index in [1.54, 1.807) is 18.2 Å². The maximum absolute atomic E-state index is 13.4. The third-order valence-electron chi connectivity index (χ3n) is 6.30. The van der Waals surface area contributed by atoms with Crippen molar-refractivity contribution in [1.29, 1.82) is 0 Å². The molecule has 1 heterocycles. The molecule has 1 atom stereocenters. The lowest BCUT2D eigenvalue weighted by Crippen LogP contribution is -2.30. The molecule has 0 aromatic heterocycles. The number of Topliss-reactive ketones (excluding diaryl/α,β-unsaturated/α-hetero) is 1. The maximum atomic E-state index is 13.4. The first-order chi connectivity index (χ1) is 17.4. The van der Waals surface area contributed by atoms with Gasteiger partial charge in [-0.25, -0.2) is 0 Å². The number of benzene rings is 4. The molecule has 1 aliphatic heterocycles. The van der Waals surface area contributed by atoms with E-state index in [2.05, 4.69) is 0 Å². The molecule has 0 spiro atoms. The number of aliphatic hydroxyl groups excluding tert-OH is 1. The number of anilines is 1. The van der Waals surface area contributed by atoms with Gasteiger partial charge in [-0.1, -0.05) is 78.4 Å². The first-order valence-electron chi connectivity index (χ1n) is 11.7. The molecule has 5 nitrogen and oxygen atoms in total. The van der Waals surface area contributed by atoms with Crippen molar-refractivity contribution in [1.82, 2.24) is 0 Å². The second-order valence-electron chi connectivity index (χ2n) is 8.81. The Bertz CT molecular complexity index is 1470. The Hall–Kier alpha value is -4.64. The van der Waals surface area contributed by atoms with Crippen LogP contribution in [0.1, 0.15) is 28.3 Å². The van der Waals surface area contributed by atoms with Crippen LogP contribution in [0.5, 0.6) is 11.5 Å². The van der Waals surface area contributed by atoms with Gasteiger partial charge in [0.1, 0.15) is 17.3 Å². The monoisotopic (exact) mass is 475 g/mol. The predicted molar refractivity (Wildman–Crippen MR) is 140 cm³/mol. The fourth-order valence-electron chi connectivity index (χ4n) is 4.47. The van der Waals surface area contributed by atoms with Crippen molar-refractivity contribution in [3.8, 4) is 11.5 Å². The van der Waals surface area contributed by atoms with E-state index in [-0.39, 0.29) is 11.3 Å². The lowest BCUT2D eigenvalue weighted by molar-refractivity contribution is -0.132. The van der Waals surface area contributed by atoms with Crippen molar-refractivity contribution < 1.29 is 19.4 Å². The number of hydrogen-bond donors (Lipinski definition) is 1. The molecule has 5 rings (SSSR count). The molecule has 1 amide bonds. The summed E-state index contributed by atoms with van der Waals surface area (Å²) in [5.74, 6) is -0.386. The number of rotatable bonds is 5. The summed E-state index contributed by atoms with van der Waals surface area (Å²) in [6.45, 7) is 3.83. The molecule has 0 saturated carbocycles. The highest BCUT2D eigenvalue weighted by Gasteiger charge is 2.47. The summed E-state index contributed by atoms with van der Waals surface area (Å²) in [6, 6.07) is 30.4. The Balaban J connectivity index is 1.68. The number of hydrogen-bond acceptors (Lipinski definition) is 4. The van der Waals surface area contributed by atoms with Gasteiger partial charge < -0.3 is 9.84 Å². The molecule has 0 aliphatic carbocycles. The average molecular weight is 476 g/mol. The molecule has 1 fully saturated rings. The van der Waals surface area contributed by atoms with Crippen molar-refractivity contribution in [3.05, 3.63) is 131 Å². The van der Waals surface area contributed by atoms with Crippen LogP contribution < -0.4 is 9.64 Å². The third kappa shape index (κ3) is 4.27. The van der Waals surface area contributed by atoms with Crippen LogP contribution in [-0.2, 0) is 9.59 Å². The lowest BCUT2D eigenvalue weighted by Gasteiger charge is -2.27. The molecule has 36 heavy (non-hydrogen) atoms. The van der Waals surface area contributed by atoms with Crippen LogP contribution in [0.15, 0.2) is 109 Å². The Labute approximate surface area is 209 Å². The van der Waals surface area contributed by atoms with Gasteiger partial charge in [0, 0.05) is 11.3 Å². The number of amides is 1. The van der Waals surface area contributed by atoms with Gasteiger partial charge >= 0.3 is 0 Å². The molecular weight excluding hydrogens is 450 g/mol. The molecule has 1 unspecified atom stereocenters. The Morgan fingerprint density at radius 2 is 1.44 bits per heavy atom. The summed E-state index contributed by atoms with van der Waals surface area (Å²) in [6.07, 6.45) is 0. The Kier molecular flexibility index (Phi) is 6.13. The zero-order chi connectivity index (χ0) is 25.2. The van der Waals surface area contributed by atoms with Gasteiger partial charge in [-0.05, 0) is 55.3 Å². The highest BCUT2D eigenvalue weighted by atomic mass is 16.5. The van der Waals surface area contributed by atoms with E-state index >= 15 is 0 Å². The van der Waals surface area contributed by atoms with E-state index in [1.165, 1.54) is 4.90 Å². The first-order valence-corrected chi connectivity index (χ1v) is 11.7. The quantitative estimate of drug-likeness (QED) is 0.198. The molecule has 0 bridgehead atoms. The molecule has 1 N–H and O–H groups in total. The summed E-state index contributed by atoms with van der Waals surface area (Å²) in [4.78, 5) is 28.3. The van der Waals surface area contributed by atoms with Gasteiger partial charge in [0.2, 0.25) is 0 Å². The number of ether oxygens (including phenoxy) is 1. The number of carbonyl (C=O) groups is 2. The summed E-state index contributed by atoms with van der Waals surface area (Å²) in [5, 5.41) is 11.3. The van der Waals surface area contributed by atoms with Crippen LogP contribution in [0.2, 0.25) is 0 Å². The van der Waals surface area contributed by atoms with Crippen molar-refractivity contribution >= 4 is 23.1 Å². The third-order valence-corrected chi connectivity index (χ3v) is 6.30. The van der Waals surface area contributed by atoms with Gasteiger partial charge in [0.05, 0.1) is 11.6 Å². The maximum Gasteiger partial charge on any atom is 0.300 e. The summed E-state index contributed by atoms with van der Waals surface area (Å²) in [5.41, 5.74) is 3.65. The van der Waals surface area contributed by atoms with E-state index < -0.39 is 17.7 Å². The summed E-state index contributed by atoms with van der Waals surface area (Å²) in [7, 11) is 0. The largest absolute Gasteiger partial charge is 0.507 e. The van der Waals surface area contributed by atoms with Crippen LogP contribution in [-0.4, -0.2) is 16.8 Å². The number of carbonyl (C=O) groups excluding carboxylic acids is 2. The van der Waals surface area contributed by atoms with Crippen LogP contribution in [0.3, 0.4) is 0 Å². The molecule has 1 aliphatic rings. The standard InChI is InChI=1S/C31H25NO4/c1-20-15-17-22(18-16-20)29(33)27-28(32(31(35)30(27)34)26-14-7-6-9-21(26)2)23-10-8-13-25(19-23)36-24-11-4-3-5-12-24/h3-19,28,33H,1-2H3/b29-27-. The van der Waals surface area contributed by atoms with E-state index in [1.807, 2.05) is 98.8 Å². The minimum Gasteiger partial charge on any atom is -0.507 e. The fourth-order valence-corrected chi connectivity index (χ4v) is 4.47. The van der Waals surface area contributed by atoms with Crippen LogP contribution in [0.25, 0.3) is 5.76 Å². The van der Waals surface area contributed by atoms with Gasteiger partial charge in [-0.15, -0.1) is 0 Å². The van der Waals surface area contributed by atoms with Crippen LogP contribution in [0.4, 0.5) is 5.69 Å². The smallest absolute Gasteiger partial charge is 0.300 e. The molecule has 5 heteroatoms. The molecule has 0 radical (unpaired) electrons. The molecular formula is C31H25NO4. The van der Waals surface area contributed by atoms with Crippen molar-refractivity contribution in [2.24, 2.45) is 0 Å². The predicted octanol–water partition coefficient (Wildman–Crippen LogP) is 6.72. The number of ketones is 1. The van der Waals surface area contributed by atoms with E-state index in [9.17, 15) is 14.7 Å². The molecule has 178 valence electrons. The number of nitrogens with zero attached hydrogens (tertiary/aromatic N) is 1. The molecule has 4 aromatic carbocycles. The average Bonchev–Trinajstić information content (AvgIpc) is 3.15. The topological polar surface area (TPSA) is 66.8 Å². The minimum absolute atomic E-state index is 0.0453. The Morgan fingerprint density at radius 3 is 2.17 bits per heavy atom. The van der Waals surface area contributed by atoms with E-state index in [0.29, 0.717) is 28.3 Å². The summed E-state index contributed by atoms with van der Waals surface area (Å²) < 4.78 is 6.02. The molecule has 4 aromatic rings. The highest BCUT2D eigenvalue weighted by Crippen LogP contribution is 2.43. The summed E-state index contributed by atoms with van der Waals surface area (Å²) >= 11 is 0. The fraction of sp³-hybridized carbons (Fsp3) is 0.0968. The first kappa shape index (κ1) is 23.1. The Morgan fingerprint density at radius 1 is 0.778 bits per heavy atom. The van der Waals surface area contributed by atoms with Crippen LogP contribution >= 0.6 is 0 Å². The highest BCUT2D eigenvalue weighted by molar-refractivity contribution is 6.51. The van der Waals surface area contributed by atoms with Crippen LogP contribution in [0, 0.1) is 13.8 Å². The van der Waals surface area contributed by atoms with Crippen molar-refractivity contribution in [2.75, 3.05) is 4.90 Å². The number of para-hydroxylation sites is 2. The minimum atomic E-state index is -0.827. The van der Waals surface area contributed by atoms with Gasteiger partial charge in [0.15, 0.2) is 0 Å². The lowest BCUT2D eigenvalue weighted by atomic mass is 9.94. The van der Waals surface area contributed by atoms with E-state index in [0.717, 1.165) is 11.1 Å². The second-order valence-corrected chi connectivity index (χ2v) is 8.81. The molecule has 1 saturated heterocycles. The van der Waals surface area contributed by atoms with E-state index in [4.69, 9.17) is 4.74 Å². The van der Waals surface area contributed by atoms with Gasteiger partial charge in [0.25, 0.3) is 11.7 Å². The van der Waals surface area contributed by atoms with Gasteiger partial charge in [-0.2, -0.15) is 0 Å². The van der Waals surface area contributed by atoms with Crippen molar-refractivity contribution in [3.63, 3.8) is 0 Å². The zero-order valence-corrected chi connectivity index (χ0v) is 20.0. The second kappa shape index (κ2) is 9.55. The van der Waals surface area contributed by atoms with Gasteiger partial charge in [-0.3, -0.25) is 14.5 Å². The zero-order valence-electron chi connectivity index (χ0n) is 20.0.